The van der Waals surface area contributed by atoms with Crippen molar-refractivity contribution in [1.82, 2.24) is 4.90 Å². The summed E-state index contributed by atoms with van der Waals surface area (Å²) in [5.41, 5.74) is 1.36. The van der Waals surface area contributed by atoms with Gasteiger partial charge in [-0.1, -0.05) is 37.3 Å². The molecule has 0 spiro atoms. The molecule has 0 saturated heterocycles. The highest BCUT2D eigenvalue weighted by atomic mass is 32.2. The van der Waals surface area contributed by atoms with E-state index < -0.39 is 21.7 Å². The highest BCUT2D eigenvalue weighted by Crippen LogP contribution is 2.18. The molecule has 0 aromatic heterocycles. The van der Waals surface area contributed by atoms with Gasteiger partial charge >= 0.3 is 0 Å². The number of sulfonamides is 1. The summed E-state index contributed by atoms with van der Waals surface area (Å²) in [7, 11) is -3.83. The molecule has 2 aromatic rings. The molecule has 0 fully saturated rings. The fourth-order valence-corrected chi connectivity index (χ4v) is 3.88. The Balaban J connectivity index is 2.06. The lowest BCUT2D eigenvalue weighted by Crippen LogP contribution is -2.42. The van der Waals surface area contributed by atoms with E-state index in [0.717, 1.165) is 12.0 Å². The molecule has 0 radical (unpaired) electrons. The molecule has 1 amide bonds. The third-order valence-electron chi connectivity index (χ3n) is 4.45. The molecule has 0 heterocycles. The Morgan fingerprint density at radius 1 is 1.03 bits per heavy atom. The Morgan fingerprint density at radius 3 is 2.21 bits per heavy atom. The molecule has 0 saturated carbocycles. The summed E-state index contributed by atoms with van der Waals surface area (Å²) >= 11 is 0. The molecule has 0 aliphatic carbocycles. The molecule has 7 heteroatoms. The average molecular weight is 419 g/mol. The molecular weight excluding hydrogens is 388 g/mol. The zero-order valence-electron chi connectivity index (χ0n) is 17.5. The molecule has 2 rings (SSSR count). The summed E-state index contributed by atoms with van der Waals surface area (Å²) in [6.45, 7) is 8.12. The fourth-order valence-electron chi connectivity index (χ4n) is 2.83. The fraction of sp³-hybridized carbons (Fsp3) is 0.409. The zero-order valence-corrected chi connectivity index (χ0v) is 18.3. The van der Waals surface area contributed by atoms with Gasteiger partial charge in [-0.3, -0.25) is 9.52 Å². The number of rotatable bonds is 10. The largest absolute Gasteiger partial charge is 0.491 e. The molecule has 6 nitrogen and oxygen atoms in total. The Kier molecular flexibility index (Phi) is 8.08. The Hall–Kier alpha value is -2.54. The van der Waals surface area contributed by atoms with Gasteiger partial charge in [-0.2, -0.15) is 0 Å². The number of anilines is 1. The summed E-state index contributed by atoms with van der Waals surface area (Å²) < 4.78 is 33.1. The molecule has 0 aliphatic heterocycles. The SMILES string of the molecule is CCC(C)N(Cc1ccccc1)C(=O)CS(=O)(=O)Nc1ccc(OC(C)C)cc1. The van der Waals surface area contributed by atoms with Crippen LogP contribution < -0.4 is 9.46 Å². The topological polar surface area (TPSA) is 75.7 Å². The minimum Gasteiger partial charge on any atom is -0.491 e. The van der Waals surface area contributed by atoms with Gasteiger partial charge in [0.1, 0.15) is 11.5 Å². The van der Waals surface area contributed by atoms with Crippen LogP contribution >= 0.6 is 0 Å². The summed E-state index contributed by atoms with van der Waals surface area (Å²) in [6, 6.07) is 16.1. The van der Waals surface area contributed by atoms with Crippen LogP contribution in [0.4, 0.5) is 5.69 Å². The van der Waals surface area contributed by atoms with E-state index in [1.165, 1.54) is 0 Å². The molecule has 0 aliphatic rings. The van der Waals surface area contributed by atoms with Gasteiger partial charge in [0, 0.05) is 18.3 Å². The van der Waals surface area contributed by atoms with Crippen molar-refractivity contribution in [2.24, 2.45) is 0 Å². The Morgan fingerprint density at radius 2 is 1.66 bits per heavy atom. The van der Waals surface area contributed by atoms with Gasteiger partial charge in [0.15, 0.2) is 0 Å². The molecule has 0 bridgehead atoms. The first-order valence-electron chi connectivity index (χ1n) is 9.80. The first-order valence-corrected chi connectivity index (χ1v) is 11.5. The van der Waals surface area contributed by atoms with E-state index in [-0.39, 0.29) is 12.1 Å². The van der Waals surface area contributed by atoms with E-state index >= 15 is 0 Å². The molecule has 1 N–H and O–H groups in total. The third-order valence-corrected chi connectivity index (χ3v) is 5.63. The second kappa shape index (κ2) is 10.3. The van der Waals surface area contributed by atoms with Crippen LogP contribution in [-0.4, -0.2) is 37.1 Å². The predicted molar refractivity (Wildman–Crippen MR) is 116 cm³/mol. The lowest BCUT2D eigenvalue weighted by atomic mass is 10.1. The lowest BCUT2D eigenvalue weighted by molar-refractivity contribution is -0.131. The van der Waals surface area contributed by atoms with E-state index in [0.29, 0.717) is 18.0 Å². The first-order chi connectivity index (χ1) is 13.7. The molecule has 2 aromatic carbocycles. The average Bonchev–Trinajstić information content (AvgIpc) is 2.66. The van der Waals surface area contributed by atoms with Gasteiger partial charge in [-0.05, 0) is 57.0 Å². The van der Waals surface area contributed by atoms with Crippen LogP contribution in [0.25, 0.3) is 0 Å². The van der Waals surface area contributed by atoms with E-state index in [9.17, 15) is 13.2 Å². The first kappa shape index (κ1) is 22.7. The second-order valence-electron chi connectivity index (χ2n) is 7.32. The van der Waals surface area contributed by atoms with Crippen LogP contribution in [0, 0.1) is 0 Å². The highest BCUT2D eigenvalue weighted by Gasteiger charge is 2.25. The number of ether oxygens (including phenoxy) is 1. The smallest absolute Gasteiger partial charge is 0.241 e. The maximum Gasteiger partial charge on any atom is 0.241 e. The quantitative estimate of drug-likeness (QED) is 0.632. The predicted octanol–water partition coefficient (Wildman–Crippen LogP) is 4.04. The lowest BCUT2D eigenvalue weighted by Gasteiger charge is -2.29. The number of amides is 1. The maximum atomic E-state index is 12.8. The maximum absolute atomic E-state index is 12.8. The monoisotopic (exact) mass is 418 g/mol. The van der Waals surface area contributed by atoms with Crippen molar-refractivity contribution in [3.63, 3.8) is 0 Å². The van der Waals surface area contributed by atoms with Crippen molar-refractivity contribution in [3.05, 3.63) is 60.2 Å². The van der Waals surface area contributed by atoms with Crippen LogP contribution in [0.1, 0.15) is 39.7 Å². The number of nitrogens with zero attached hydrogens (tertiary/aromatic N) is 1. The third kappa shape index (κ3) is 7.42. The van der Waals surface area contributed by atoms with Crippen molar-refractivity contribution < 1.29 is 17.9 Å². The van der Waals surface area contributed by atoms with Crippen LogP contribution in [0.2, 0.25) is 0 Å². The van der Waals surface area contributed by atoms with Crippen LogP contribution in [0.3, 0.4) is 0 Å². The second-order valence-corrected chi connectivity index (χ2v) is 9.04. The van der Waals surface area contributed by atoms with Gasteiger partial charge < -0.3 is 9.64 Å². The van der Waals surface area contributed by atoms with Crippen molar-refractivity contribution in [1.29, 1.82) is 0 Å². The van der Waals surface area contributed by atoms with Crippen molar-refractivity contribution >= 4 is 21.6 Å². The van der Waals surface area contributed by atoms with Crippen molar-refractivity contribution in [2.45, 2.75) is 52.8 Å². The highest BCUT2D eigenvalue weighted by molar-refractivity contribution is 7.93. The van der Waals surface area contributed by atoms with Gasteiger partial charge in [-0.25, -0.2) is 8.42 Å². The number of carbonyl (C=O) groups excluding carboxylic acids is 1. The summed E-state index contributed by atoms with van der Waals surface area (Å²) in [5, 5.41) is 0. The minimum atomic E-state index is -3.83. The molecule has 1 unspecified atom stereocenters. The van der Waals surface area contributed by atoms with E-state index in [1.807, 2.05) is 58.0 Å². The van der Waals surface area contributed by atoms with Crippen LogP contribution in [0.5, 0.6) is 5.75 Å². The standard InChI is InChI=1S/C22H30N2O4S/c1-5-18(4)24(15-19-9-7-6-8-10-19)22(25)16-29(26,27)23-20-11-13-21(14-12-20)28-17(2)3/h6-14,17-18,23H,5,15-16H2,1-4H3. The van der Waals surface area contributed by atoms with Crippen molar-refractivity contribution in [2.75, 3.05) is 10.5 Å². The van der Waals surface area contributed by atoms with Gasteiger partial charge in [-0.15, -0.1) is 0 Å². The number of carbonyl (C=O) groups is 1. The van der Waals surface area contributed by atoms with E-state index in [2.05, 4.69) is 4.72 Å². The number of benzene rings is 2. The molecule has 158 valence electrons. The molecule has 1 atom stereocenters. The van der Waals surface area contributed by atoms with E-state index in [1.54, 1.807) is 29.2 Å². The number of nitrogens with one attached hydrogen (secondary N) is 1. The van der Waals surface area contributed by atoms with Gasteiger partial charge in [0.2, 0.25) is 15.9 Å². The van der Waals surface area contributed by atoms with Gasteiger partial charge in [0.25, 0.3) is 0 Å². The van der Waals surface area contributed by atoms with E-state index in [4.69, 9.17) is 4.74 Å². The Labute approximate surface area is 173 Å². The van der Waals surface area contributed by atoms with Crippen molar-refractivity contribution in [3.8, 4) is 5.75 Å². The molecule has 29 heavy (non-hydrogen) atoms. The minimum absolute atomic E-state index is 0.0336. The number of hydrogen-bond acceptors (Lipinski definition) is 4. The number of hydrogen-bond donors (Lipinski definition) is 1. The normalized spacial score (nSPS) is 12.4. The van der Waals surface area contributed by atoms with Crippen LogP contribution in [0.15, 0.2) is 54.6 Å². The Bertz CT molecular complexity index is 881. The zero-order chi connectivity index (χ0) is 21.4. The summed E-state index contributed by atoms with van der Waals surface area (Å²) in [6.07, 6.45) is 0.773. The summed E-state index contributed by atoms with van der Waals surface area (Å²) in [4.78, 5) is 14.4. The van der Waals surface area contributed by atoms with Gasteiger partial charge in [0.05, 0.1) is 6.10 Å². The summed E-state index contributed by atoms with van der Waals surface area (Å²) in [5.74, 6) is -0.366. The van der Waals surface area contributed by atoms with Crippen LogP contribution in [-0.2, 0) is 21.4 Å². The molecular formula is C22H30N2O4S.